The molecule has 0 radical (unpaired) electrons. The third kappa shape index (κ3) is 5.78. The zero-order chi connectivity index (χ0) is 38.3. The second-order valence-corrected chi connectivity index (χ2v) is 15.5. The van der Waals surface area contributed by atoms with Crippen molar-refractivity contribution in [2.24, 2.45) is 0 Å². The third-order valence-electron chi connectivity index (χ3n) is 11.9. The quantitative estimate of drug-likeness (QED) is 0.151. The zero-order valence-corrected chi connectivity index (χ0v) is 32.3. The fourth-order valence-electron chi connectivity index (χ4n) is 9.32. The van der Waals surface area contributed by atoms with Crippen LogP contribution in [-0.4, -0.2) is 0 Å². The summed E-state index contributed by atoms with van der Waals surface area (Å²) in [6.07, 6.45) is 0. The summed E-state index contributed by atoms with van der Waals surface area (Å²) in [7, 11) is 0. The van der Waals surface area contributed by atoms with Crippen LogP contribution in [0.4, 0.5) is 17.1 Å². The van der Waals surface area contributed by atoms with Crippen LogP contribution in [0.1, 0.15) is 47.6 Å². The van der Waals surface area contributed by atoms with E-state index in [1.807, 2.05) is 0 Å². The maximum Gasteiger partial charge on any atom is 0.0714 e. The number of rotatable bonds is 8. The lowest BCUT2D eigenvalue weighted by Gasteiger charge is -2.35. The molecule has 272 valence electrons. The highest BCUT2D eigenvalue weighted by atomic mass is 15.1. The van der Waals surface area contributed by atoms with E-state index in [4.69, 9.17) is 0 Å². The summed E-state index contributed by atoms with van der Waals surface area (Å²) in [6, 6.07) is 80.4. The van der Waals surface area contributed by atoms with E-state index < -0.39 is 5.41 Å². The van der Waals surface area contributed by atoms with E-state index in [1.165, 1.54) is 72.0 Å². The van der Waals surface area contributed by atoms with Gasteiger partial charge in [0.15, 0.2) is 0 Å². The molecule has 0 unspecified atom stereocenters. The average Bonchev–Trinajstić information content (AvgIpc) is 3.58. The van der Waals surface area contributed by atoms with Gasteiger partial charge in [0.25, 0.3) is 0 Å². The first-order valence-corrected chi connectivity index (χ1v) is 20.0. The van der Waals surface area contributed by atoms with Crippen LogP contribution in [0.2, 0.25) is 0 Å². The highest BCUT2D eigenvalue weighted by Crippen LogP contribution is 2.58. The van der Waals surface area contributed by atoms with E-state index in [9.17, 15) is 0 Å². The van der Waals surface area contributed by atoms with E-state index in [-0.39, 0.29) is 0 Å². The third-order valence-corrected chi connectivity index (χ3v) is 11.9. The van der Waals surface area contributed by atoms with Crippen molar-refractivity contribution in [3.8, 4) is 33.4 Å². The lowest BCUT2D eigenvalue weighted by atomic mass is 9.67. The Hall–Kier alpha value is -6.96. The van der Waals surface area contributed by atoms with Crippen molar-refractivity contribution in [1.29, 1.82) is 0 Å². The topological polar surface area (TPSA) is 3.24 Å². The van der Waals surface area contributed by atoms with Crippen LogP contribution in [0, 0.1) is 0 Å². The molecule has 0 saturated carbocycles. The van der Waals surface area contributed by atoms with Gasteiger partial charge in [0, 0.05) is 17.1 Å². The molecule has 57 heavy (non-hydrogen) atoms. The molecule has 0 spiro atoms. The summed E-state index contributed by atoms with van der Waals surface area (Å²) < 4.78 is 0. The molecule has 0 amide bonds. The minimum atomic E-state index is -0.496. The Balaban J connectivity index is 1.17. The molecule has 1 aliphatic carbocycles. The van der Waals surface area contributed by atoms with E-state index in [2.05, 4.69) is 237 Å². The van der Waals surface area contributed by atoms with Crippen LogP contribution in [0.25, 0.3) is 44.2 Å². The monoisotopic (exact) mass is 729 g/mol. The summed E-state index contributed by atoms with van der Waals surface area (Å²) in [4.78, 5) is 2.41. The number of hydrogen-bond donors (Lipinski definition) is 0. The summed E-state index contributed by atoms with van der Waals surface area (Å²) in [5.41, 5.74) is 17.0. The molecule has 0 aliphatic heterocycles. The van der Waals surface area contributed by atoms with Gasteiger partial charge in [-0.15, -0.1) is 0 Å². The molecular weight excluding hydrogens is 687 g/mol. The molecule has 1 nitrogen and oxygen atoms in total. The first-order valence-electron chi connectivity index (χ1n) is 20.0. The zero-order valence-electron chi connectivity index (χ0n) is 32.3. The Labute approximate surface area is 336 Å². The Kier molecular flexibility index (Phi) is 8.65. The maximum atomic E-state index is 2.47. The molecule has 0 heterocycles. The first kappa shape index (κ1) is 34.5. The average molecular weight is 730 g/mol. The van der Waals surface area contributed by atoms with Crippen LogP contribution in [-0.2, 0) is 5.41 Å². The van der Waals surface area contributed by atoms with Gasteiger partial charge >= 0.3 is 0 Å². The van der Waals surface area contributed by atoms with Crippen molar-refractivity contribution in [2.45, 2.75) is 25.2 Å². The maximum absolute atomic E-state index is 2.47. The molecule has 9 aromatic rings. The Morgan fingerprint density at radius 1 is 0.368 bits per heavy atom. The normalized spacial score (nSPS) is 12.7. The fraction of sp³-hybridized carbons (Fsp3) is 0.0714. The predicted molar refractivity (Wildman–Crippen MR) is 241 cm³/mol. The number of benzene rings is 9. The van der Waals surface area contributed by atoms with Crippen LogP contribution in [0.5, 0.6) is 0 Å². The second kappa shape index (κ2) is 14.3. The number of nitrogens with zero attached hydrogens (tertiary/aromatic N) is 1. The Morgan fingerprint density at radius 2 is 0.860 bits per heavy atom. The molecular formula is C56H43N. The molecule has 10 rings (SSSR count). The molecule has 1 aliphatic rings. The van der Waals surface area contributed by atoms with Gasteiger partial charge in [0.1, 0.15) is 0 Å². The number of hydrogen-bond acceptors (Lipinski definition) is 1. The minimum Gasteiger partial charge on any atom is -0.310 e. The van der Waals surface area contributed by atoms with Gasteiger partial charge in [-0.2, -0.15) is 0 Å². The van der Waals surface area contributed by atoms with Crippen molar-refractivity contribution in [2.75, 3.05) is 4.90 Å². The van der Waals surface area contributed by atoms with Crippen molar-refractivity contribution < 1.29 is 0 Å². The van der Waals surface area contributed by atoms with Crippen molar-refractivity contribution in [1.82, 2.24) is 0 Å². The molecule has 1 heteroatoms. The van der Waals surface area contributed by atoms with Gasteiger partial charge in [0.05, 0.1) is 5.41 Å². The van der Waals surface area contributed by atoms with Crippen LogP contribution in [0.15, 0.2) is 218 Å². The van der Waals surface area contributed by atoms with Gasteiger partial charge in [0.2, 0.25) is 0 Å². The number of fused-ring (bicyclic) bond motifs is 4. The molecule has 0 N–H and O–H groups in total. The number of anilines is 3. The molecule has 0 atom stereocenters. The van der Waals surface area contributed by atoms with Crippen molar-refractivity contribution >= 4 is 27.8 Å². The van der Waals surface area contributed by atoms with E-state index in [0.29, 0.717) is 5.92 Å². The summed E-state index contributed by atoms with van der Waals surface area (Å²) >= 11 is 0. The van der Waals surface area contributed by atoms with Crippen LogP contribution in [0.3, 0.4) is 0 Å². The first-order chi connectivity index (χ1) is 28.1. The smallest absolute Gasteiger partial charge is 0.0714 e. The molecule has 0 fully saturated rings. The molecule has 9 aromatic carbocycles. The summed E-state index contributed by atoms with van der Waals surface area (Å²) in [5, 5.41) is 2.48. The summed E-state index contributed by atoms with van der Waals surface area (Å²) in [5.74, 6) is 0.374. The molecule has 0 bridgehead atoms. The highest BCUT2D eigenvalue weighted by molar-refractivity contribution is 5.97. The van der Waals surface area contributed by atoms with Gasteiger partial charge in [-0.25, -0.2) is 0 Å². The number of para-hydroxylation sites is 1. The minimum absolute atomic E-state index is 0.374. The van der Waals surface area contributed by atoms with Crippen molar-refractivity contribution in [3.05, 3.63) is 246 Å². The standard InChI is InChI=1S/C56H43N/c1-39(2)49-28-17-29-53-55(49)50-35-34-48(38-54(50)56(53,44-22-9-4-10-23-44)45-24-11-5-12-25-45)57(46-26-13-6-14-27-46)47-32-30-41(31-33-47)52-37-43-21-16-15-20-42(43)36-51(52)40-18-7-3-8-19-40/h3-39H,1-2H3. The van der Waals surface area contributed by atoms with Crippen LogP contribution < -0.4 is 4.90 Å². The van der Waals surface area contributed by atoms with Gasteiger partial charge in [-0.05, 0) is 126 Å². The Morgan fingerprint density at radius 3 is 1.44 bits per heavy atom. The van der Waals surface area contributed by atoms with Crippen molar-refractivity contribution in [3.63, 3.8) is 0 Å². The predicted octanol–water partition coefficient (Wildman–Crippen LogP) is 15.1. The molecule has 0 saturated heterocycles. The lowest BCUT2D eigenvalue weighted by Crippen LogP contribution is -2.28. The van der Waals surface area contributed by atoms with E-state index >= 15 is 0 Å². The van der Waals surface area contributed by atoms with Gasteiger partial charge < -0.3 is 4.90 Å². The fourth-order valence-corrected chi connectivity index (χ4v) is 9.32. The van der Waals surface area contributed by atoms with E-state index in [1.54, 1.807) is 0 Å². The van der Waals surface area contributed by atoms with Crippen LogP contribution >= 0.6 is 0 Å². The second-order valence-electron chi connectivity index (χ2n) is 15.5. The largest absolute Gasteiger partial charge is 0.310 e. The summed E-state index contributed by atoms with van der Waals surface area (Å²) in [6.45, 7) is 4.63. The lowest BCUT2D eigenvalue weighted by molar-refractivity contribution is 0.765. The van der Waals surface area contributed by atoms with Gasteiger partial charge in [-0.3, -0.25) is 0 Å². The molecule has 0 aromatic heterocycles. The van der Waals surface area contributed by atoms with Gasteiger partial charge in [-0.1, -0.05) is 184 Å². The Bertz CT molecular complexity index is 2800. The highest BCUT2D eigenvalue weighted by Gasteiger charge is 2.47. The SMILES string of the molecule is CC(C)c1cccc2c1-c1ccc(N(c3ccccc3)c3ccc(-c4cc5ccccc5cc4-c4ccccc4)cc3)cc1C2(c1ccccc1)c1ccccc1. The van der Waals surface area contributed by atoms with E-state index in [0.717, 1.165) is 17.1 Å².